The number of ether oxygens (including phenoxy) is 1. The van der Waals surface area contributed by atoms with E-state index in [0.29, 0.717) is 6.42 Å². The Kier molecular flexibility index (Phi) is 2.78. The molecule has 2 unspecified atom stereocenters. The highest BCUT2D eigenvalue weighted by Crippen LogP contribution is 2.43. The molecular formula is C12H16O3. The normalized spacial score (nSPS) is 25.3. The van der Waals surface area contributed by atoms with E-state index in [1.54, 1.807) is 0 Å². The fourth-order valence-electron chi connectivity index (χ4n) is 1.76. The summed E-state index contributed by atoms with van der Waals surface area (Å²) in [6.07, 6.45) is 1.03. The molecule has 3 heteroatoms. The zero-order chi connectivity index (χ0) is 10.9. The van der Waals surface area contributed by atoms with Crippen LogP contribution in [0.2, 0.25) is 0 Å². The Morgan fingerprint density at radius 2 is 2.00 bits per heavy atom. The van der Waals surface area contributed by atoms with Crippen molar-refractivity contribution >= 4 is 0 Å². The van der Waals surface area contributed by atoms with Crippen molar-refractivity contribution in [3.63, 3.8) is 0 Å². The molecule has 0 saturated carbocycles. The van der Waals surface area contributed by atoms with Crippen LogP contribution in [-0.2, 0) is 9.62 Å². The maximum Gasteiger partial charge on any atom is 0.109 e. The zero-order valence-electron chi connectivity index (χ0n) is 9.01. The van der Waals surface area contributed by atoms with E-state index in [9.17, 15) is 0 Å². The third-order valence-electron chi connectivity index (χ3n) is 2.65. The van der Waals surface area contributed by atoms with Gasteiger partial charge in [-0.3, -0.25) is 5.26 Å². The van der Waals surface area contributed by atoms with E-state index in [1.807, 2.05) is 32.0 Å². The van der Waals surface area contributed by atoms with Gasteiger partial charge in [-0.25, -0.2) is 4.89 Å². The molecule has 2 atom stereocenters. The van der Waals surface area contributed by atoms with Crippen molar-refractivity contribution in [3.05, 3.63) is 35.9 Å². The fourth-order valence-corrected chi connectivity index (χ4v) is 1.76. The highest BCUT2D eigenvalue weighted by atomic mass is 17.1. The molecule has 1 aromatic carbocycles. The highest BCUT2D eigenvalue weighted by molar-refractivity contribution is 5.22. The second-order valence-electron chi connectivity index (χ2n) is 4.56. The van der Waals surface area contributed by atoms with Crippen molar-refractivity contribution in [2.75, 3.05) is 0 Å². The molecule has 1 aromatic rings. The first kappa shape index (κ1) is 10.6. The Morgan fingerprint density at radius 3 is 2.60 bits per heavy atom. The fraction of sp³-hybridized carbons (Fsp3) is 0.500. The average Bonchev–Trinajstić information content (AvgIpc) is 2.98. The van der Waals surface area contributed by atoms with E-state index in [4.69, 9.17) is 9.99 Å². The van der Waals surface area contributed by atoms with E-state index < -0.39 is 5.60 Å². The molecule has 1 fully saturated rings. The van der Waals surface area contributed by atoms with Gasteiger partial charge in [0.15, 0.2) is 0 Å². The Labute approximate surface area is 89.6 Å². The van der Waals surface area contributed by atoms with Crippen LogP contribution in [0.1, 0.15) is 31.9 Å². The maximum absolute atomic E-state index is 8.67. The summed E-state index contributed by atoms with van der Waals surface area (Å²) in [6, 6.07) is 10.1. The summed E-state index contributed by atoms with van der Waals surface area (Å²) in [6.45, 7) is 3.69. The SMILES string of the molecule is CC(C)(CC1OC1c1ccccc1)OO. The summed E-state index contributed by atoms with van der Waals surface area (Å²) in [5.74, 6) is 0. The third kappa shape index (κ3) is 2.56. The monoisotopic (exact) mass is 208 g/mol. The van der Waals surface area contributed by atoms with Crippen LogP contribution in [0.3, 0.4) is 0 Å². The third-order valence-corrected chi connectivity index (χ3v) is 2.65. The van der Waals surface area contributed by atoms with Gasteiger partial charge in [-0.2, -0.15) is 0 Å². The predicted octanol–water partition coefficient (Wildman–Crippen LogP) is 2.78. The molecule has 0 spiro atoms. The van der Waals surface area contributed by atoms with Crippen molar-refractivity contribution in [2.45, 2.75) is 38.1 Å². The minimum Gasteiger partial charge on any atom is -0.364 e. The second-order valence-corrected chi connectivity index (χ2v) is 4.56. The van der Waals surface area contributed by atoms with Crippen LogP contribution < -0.4 is 0 Å². The van der Waals surface area contributed by atoms with Crippen LogP contribution in [0.25, 0.3) is 0 Å². The van der Waals surface area contributed by atoms with Gasteiger partial charge in [0.05, 0.1) is 6.10 Å². The Hall–Kier alpha value is -0.900. The predicted molar refractivity (Wildman–Crippen MR) is 56.5 cm³/mol. The van der Waals surface area contributed by atoms with Crippen molar-refractivity contribution in [2.24, 2.45) is 0 Å². The van der Waals surface area contributed by atoms with E-state index >= 15 is 0 Å². The summed E-state index contributed by atoms with van der Waals surface area (Å²) < 4.78 is 5.55. The number of rotatable bonds is 4. The Morgan fingerprint density at radius 1 is 1.33 bits per heavy atom. The molecule has 3 nitrogen and oxygen atoms in total. The van der Waals surface area contributed by atoms with Crippen molar-refractivity contribution in [1.82, 2.24) is 0 Å². The first-order valence-corrected chi connectivity index (χ1v) is 5.15. The molecular weight excluding hydrogens is 192 g/mol. The van der Waals surface area contributed by atoms with E-state index in [1.165, 1.54) is 5.56 Å². The summed E-state index contributed by atoms with van der Waals surface area (Å²) in [4.78, 5) is 4.39. The van der Waals surface area contributed by atoms with Gasteiger partial charge in [0.2, 0.25) is 0 Å². The van der Waals surface area contributed by atoms with Crippen molar-refractivity contribution in [3.8, 4) is 0 Å². The van der Waals surface area contributed by atoms with Crippen LogP contribution in [0.5, 0.6) is 0 Å². The molecule has 1 N–H and O–H groups in total. The standard InChI is InChI=1S/C12H16O3/c1-12(2,15-13)8-10-11(14-10)9-6-4-3-5-7-9/h3-7,10-11,13H,8H2,1-2H3. The van der Waals surface area contributed by atoms with Gasteiger partial charge in [-0.05, 0) is 19.4 Å². The average molecular weight is 208 g/mol. The van der Waals surface area contributed by atoms with Crippen LogP contribution in [0, 0.1) is 0 Å². The van der Waals surface area contributed by atoms with Gasteiger partial charge in [0, 0.05) is 6.42 Å². The van der Waals surface area contributed by atoms with Crippen LogP contribution in [-0.4, -0.2) is 17.0 Å². The summed E-state index contributed by atoms with van der Waals surface area (Å²) in [5.41, 5.74) is 0.657. The van der Waals surface area contributed by atoms with Crippen LogP contribution >= 0.6 is 0 Å². The highest BCUT2D eigenvalue weighted by Gasteiger charge is 2.43. The van der Waals surface area contributed by atoms with Crippen LogP contribution in [0.4, 0.5) is 0 Å². The lowest BCUT2D eigenvalue weighted by Gasteiger charge is -2.18. The molecule has 1 aliphatic heterocycles. The minimum absolute atomic E-state index is 0.162. The van der Waals surface area contributed by atoms with Gasteiger partial charge in [-0.15, -0.1) is 0 Å². The topological polar surface area (TPSA) is 42.0 Å². The molecule has 0 bridgehead atoms. The Bertz CT molecular complexity index is 321. The minimum atomic E-state index is -0.534. The van der Waals surface area contributed by atoms with Gasteiger partial charge >= 0.3 is 0 Å². The van der Waals surface area contributed by atoms with Gasteiger partial charge in [0.1, 0.15) is 11.7 Å². The zero-order valence-corrected chi connectivity index (χ0v) is 9.01. The lowest BCUT2D eigenvalue weighted by molar-refractivity contribution is -0.314. The molecule has 15 heavy (non-hydrogen) atoms. The molecule has 82 valence electrons. The molecule has 0 aromatic heterocycles. The number of benzene rings is 1. The molecule has 2 rings (SSSR count). The molecule has 0 amide bonds. The number of epoxide rings is 1. The first-order chi connectivity index (χ1) is 7.12. The van der Waals surface area contributed by atoms with Gasteiger partial charge in [0.25, 0.3) is 0 Å². The van der Waals surface area contributed by atoms with Gasteiger partial charge in [-0.1, -0.05) is 30.3 Å². The lowest BCUT2D eigenvalue weighted by Crippen LogP contribution is -2.24. The van der Waals surface area contributed by atoms with E-state index in [-0.39, 0.29) is 12.2 Å². The Balaban J connectivity index is 1.92. The summed E-state index contributed by atoms with van der Waals surface area (Å²) in [7, 11) is 0. The number of hydrogen-bond donors (Lipinski definition) is 1. The van der Waals surface area contributed by atoms with Crippen molar-refractivity contribution in [1.29, 1.82) is 0 Å². The van der Waals surface area contributed by atoms with E-state index in [0.717, 1.165) is 0 Å². The number of hydrogen-bond acceptors (Lipinski definition) is 3. The summed E-state index contributed by atoms with van der Waals surface area (Å²) >= 11 is 0. The molecule has 0 aliphatic carbocycles. The van der Waals surface area contributed by atoms with Crippen LogP contribution in [0.15, 0.2) is 30.3 Å². The van der Waals surface area contributed by atoms with Gasteiger partial charge < -0.3 is 4.74 Å². The quantitative estimate of drug-likeness (QED) is 0.470. The second kappa shape index (κ2) is 3.93. The molecule has 0 radical (unpaired) electrons. The molecule has 1 saturated heterocycles. The van der Waals surface area contributed by atoms with E-state index in [2.05, 4.69) is 17.0 Å². The van der Waals surface area contributed by atoms with Crippen molar-refractivity contribution < 1.29 is 14.9 Å². The smallest absolute Gasteiger partial charge is 0.109 e. The lowest BCUT2D eigenvalue weighted by atomic mass is 9.99. The molecule has 1 aliphatic rings. The molecule has 1 heterocycles. The summed E-state index contributed by atoms with van der Waals surface area (Å²) in [5, 5.41) is 8.67. The largest absolute Gasteiger partial charge is 0.364 e. The maximum atomic E-state index is 8.67. The first-order valence-electron chi connectivity index (χ1n) is 5.15.